The number of nitrogens with one attached hydrogen (secondary N) is 1. The molecule has 2 nitrogen and oxygen atoms in total. The molecule has 0 saturated carbocycles. The SMILES string of the molecule is CCCN(CC1(CCC)CCNCC1)C(C)C. The van der Waals surface area contributed by atoms with Crippen molar-refractivity contribution in [2.75, 3.05) is 26.2 Å². The first-order valence-electron chi connectivity index (χ1n) is 7.58. The van der Waals surface area contributed by atoms with Crippen LogP contribution in [0.5, 0.6) is 0 Å². The Kier molecular flexibility index (Phi) is 6.50. The molecule has 1 fully saturated rings. The Labute approximate surface area is 108 Å². The fourth-order valence-corrected chi connectivity index (χ4v) is 3.21. The molecule has 1 saturated heterocycles. The molecule has 0 unspecified atom stereocenters. The molecule has 0 aliphatic carbocycles. The van der Waals surface area contributed by atoms with E-state index in [1.54, 1.807) is 0 Å². The van der Waals surface area contributed by atoms with Gasteiger partial charge in [-0.2, -0.15) is 0 Å². The van der Waals surface area contributed by atoms with Gasteiger partial charge in [-0.05, 0) is 64.6 Å². The minimum atomic E-state index is 0.597. The Morgan fingerprint density at radius 1 is 1.12 bits per heavy atom. The highest BCUT2D eigenvalue weighted by Crippen LogP contribution is 2.35. The van der Waals surface area contributed by atoms with Crippen molar-refractivity contribution in [2.24, 2.45) is 5.41 Å². The third-order valence-corrected chi connectivity index (χ3v) is 4.22. The molecule has 0 amide bonds. The first-order chi connectivity index (χ1) is 8.13. The van der Waals surface area contributed by atoms with E-state index in [2.05, 4.69) is 37.9 Å². The lowest BCUT2D eigenvalue weighted by Crippen LogP contribution is -2.47. The van der Waals surface area contributed by atoms with Gasteiger partial charge in [0.25, 0.3) is 0 Å². The molecule has 17 heavy (non-hydrogen) atoms. The summed E-state index contributed by atoms with van der Waals surface area (Å²) in [5.41, 5.74) is 0.597. The molecule has 0 atom stereocenters. The summed E-state index contributed by atoms with van der Waals surface area (Å²) in [4.78, 5) is 2.70. The molecular weight excluding hydrogens is 208 g/mol. The lowest BCUT2D eigenvalue weighted by molar-refractivity contribution is 0.0818. The summed E-state index contributed by atoms with van der Waals surface area (Å²) in [5, 5.41) is 3.51. The van der Waals surface area contributed by atoms with Crippen LogP contribution in [0.25, 0.3) is 0 Å². The van der Waals surface area contributed by atoms with E-state index in [0.717, 1.165) is 0 Å². The zero-order valence-electron chi connectivity index (χ0n) is 12.4. The standard InChI is InChI=1S/C15H32N2/c1-5-7-15(8-10-16-11-9-15)13-17(12-6-2)14(3)4/h14,16H,5-13H2,1-4H3. The van der Waals surface area contributed by atoms with Crippen LogP contribution < -0.4 is 5.32 Å². The van der Waals surface area contributed by atoms with Gasteiger partial charge in [-0.15, -0.1) is 0 Å². The fourth-order valence-electron chi connectivity index (χ4n) is 3.21. The van der Waals surface area contributed by atoms with Gasteiger partial charge in [0.2, 0.25) is 0 Å². The highest BCUT2D eigenvalue weighted by atomic mass is 15.2. The highest BCUT2D eigenvalue weighted by Gasteiger charge is 2.33. The van der Waals surface area contributed by atoms with Crippen LogP contribution in [0.15, 0.2) is 0 Å². The van der Waals surface area contributed by atoms with Crippen molar-refractivity contribution in [3.8, 4) is 0 Å². The Morgan fingerprint density at radius 3 is 2.24 bits per heavy atom. The van der Waals surface area contributed by atoms with Gasteiger partial charge < -0.3 is 10.2 Å². The van der Waals surface area contributed by atoms with Crippen LogP contribution >= 0.6 is 0 Å². The van der Waals surface area contributed by atoms with Crippen LogP contribution in [-0.2, 0) is 0 Å². The van der Waals surface area contributed by atoms with Gasteiger partial charge in [-0.25, -0.2) is 0 Å². The van der Waals surface area contributed by atoms with Crippen LogP contribution in [0.1, 0.15) is 59.8 Å². The molecule has 1 N–H and O–H groups in total. The maximum Gasteiger partial charge on any atom is 0.00416 e. The molecule has 1 rings (SSSR count). The third-order valence-electron chi connectivity index (χ3n) is 4.22. The summed E-state index contributed by atoms with van der Waals surface area (Å²) in [6.45, 7) is 14.3. The van der Waals surface area contributed by atoms with E-state index < -0.39 is 0 Å². The lowest BCUT2D eigenvalue weighted by Gasteiger charge is -2.43. The molecule has 102 valence electrons. The molecule has 0 bridgehead atoms. The maximum absolute atomic E-state index is 3.51. The fraction of sp³-hybridized carbons (Fsp3) is 1.00. The Morgan fingerprint density at radius 2 is 1.76 bits per heavy atom. The second-order valence-electron chi connectivity index (χ2n) is 6.06. The van der Waals surface area contributed by atoms with E-state index in [1.165, 1.54) is 58.3 Å². The van der Waals surface area contributed by atoms with Gasteiger partial charge in [0.15, 0.2) is 0 Å². The first kappa shape index (κ1) is 15.0. The Balaban J connectivity index is 2.62. The molecule has 1 aliphatic rings. The number of piperidine rings is 1. The van der Waals surface area contributed by atoms with Crippen molar-refractivity contribution in [3.05, 3.63) is 0 Å². The topological polar surface area (TPSA) is 15.3 Å². The number of rotatable bonds is 7. The summed E-state index contributed by atoms with van der Waals surface area (Å²) in [7, 11) is 0. The van der Waals surface area contributed by atoms with Crippen LogP contribution in [0.3, 0.4) is 0 Å². The van der Waals surface area contributed by atoms with Crippen molar-refractivity contribution in [1.29, 1.82) is 0 Å². The van der Waals surface area contributed by atoms with Gasteiger partial charge in [-0.3, -0.25) is 0 Å². The molecule has 1 aliphatic heterocycles. The third kappa shape index (κ3) is 4.59. The Bertz CT molecular complexity index is 190. The summed E-state index contributed by atoms with van der Waals surface area (Å²) in [6, 6.07) is 0.693. The molecule has 0 aromatic heterocycles. The molecule has 0 radical (unpaired) electrons. The second-order valence-corrected chi connectivity index (χ2v) is 6.06. The van der Waals surface area contributed by atoms with E-state index in [-0.39, 0.29) is 0 Å². The first-order valence-corrected chi connectivity index (χ1v) is 7.58. The molecule has 0 aromatic carbocycles. The van der Waals surface area contributed by atoms with E-state index >= 15 is 0 Å². The van der Waals surface area contributed by atoms with Crippen molar-refractivity contribution in [1.82, 2.24) is 10.2 Å². The minimum absolute atomic E-state index is 0.597. The molecular formula is C15H32N2. The van der Waals surface area contributed by atoms with E-state index in [9.17, 15) is 0 Å². The minimum Gasteiger partial charge on any atom is -0.317 e. The van der Waals surface area contributed by atoms with Gasteiger partial charge in [0, 0.05) is 12.6 Å². The van der Waals surface area contributed by atoms with Gasteiger partial charge in [0.1, 0.15) is 0 Å². The normalized spacial score (nSPS) is 20.1. The Hall–Kier alpha value is -0.0800. The predicted octanol–water partition coefficient (Wildman–Crippen LogP) is 3.28. The number of nitrogens with zero attached hydrogens (tertiary/aromatic N) is 1. The number of hydrogen-bond acceptors (Lipinski definition) is 2. The lowest BCUT2D eigenvalue weighted by atomic mass is 9.74. The molecule has 0 aromatic rings. The van der Waals surface area contributed by atoms with Crippen LogP contribution in [0.2, 0.25) is 0 Å². The average molecular weight is 240 g/mol. The summed E-state index contributed by atoms with van der Waals surface area (Å²) < 4.78 is 0. The largest absolute Gasteiger partial charge is 0.317 e. The zero-order chi connectivity index (χ0) is 12.7. The van der Waals surface area contributed by atoms with Gasteiger partial charge in [-0.1, -0.05) is 20.3 Å². The molecule has 0 spiro atoms. The van der Waals surface area contributed by atoms with Crippen LogP contribution in [0, 0.1) is 5.41 Å². The van der Waals surface area contributed by atoms with Crippen LogP contribution in [-0.4, -0.2) is 37.1 Å². The zero-order valence-corrected chi connectivity index (χ0v) is 12.4. The summed E-state index contributed by atoms with van der Waals surface area (Å²) in [6.07, 6.45) is 6.75. The highest BCUT2D eigenvalue weighted by molar-refractivity contribution is 4.88. The van der Waals surface area contributed by atoms with Crippen molar-refractivity contribution < 1.29 is 0 Å². The molecule has 1 heterocycles. The van der Waals surface area contributed by atoms with E-state index in [4.69, 9.17) is 0 Å². The predicted molar refractivity (Wildman–Crippen MR) is 76.4 cm³/mol. The smallest absolute Gasteiger partial charge is 0.00416 e. The summed E-state index contributed by atoms with van der Waals surface area (Å²) in [5.74, 6) is 0. The van der Waals surface area contributed by atoms with E-state index in [0.29, 0.717) is 11.5 Å². The van der Waals surface area contributed by atoms with Crippen molar-refractivity contribution in [3.63, 3.8) is 0 Å². The average Bonchev–Trinajstić information content (AvgIpc) is 2.30. The quantitative estimate of drug-likeness (QED) is 0.735. The van der Waals surface area contributed by atoms with E-state index in [1.807, 2.05) is 0 Å². The number of hydrogen-bond donors (Lipinski definition) is 1. The van der Waals surface area contributed by atoms with Crippen LogP contribution in [0.4, 0.5) is 0 Å². The van der Waals surface area contributed by atoms with Gasteiger partial charge >= 0.3 is 0 Å². The van der Waals surface area contributed by atoms with Crippen molar-refractivity contribution >= 4 is 0 Å². The maximum atomic E-state index is 3.51. The molecule has 2 heteroatoms. The summed E-state index contributed by atoms with van der Waals surface area (Å²) >= 11 is 0. The van der Waals surface area contributed by atoms with Crippen molar-refractivity contribution in [2.45, 2.75) is 65.8 Å². The van der Waals surface area contributed by atoms with Gasteiger partial charge in [0.05, 0.1) is 0 Å². The second kappa shape index (κ2) is 7.38. The monoisotopic (exact) mass is 240 g/mol.